The van der Waals surface area contributed by atoms with Crippen molar-refractivity contribution in [2.75, 3.05) is 13.1 Å². The van der Waals surface area contributed by atoms with E-state index in [0.29, 0.717) is 19.6 Å². The molecule has 2 amide bonds. The van der Waals surface area contributed by atoms with Crippen LogP contribution in [0, 0.1) is 5.82 Å². The maximum absolute atomic E-state index is 12.9. The molecule has 1 saturated heterocycles. The van der Waals surface area contributed by atoms with Gasteiger partial charge < -0.3 is 14.8 Å². The number of hydrogen-bond donors (Lipinski definition) is 1. The summed E-state index contributed by atoms with van der Waals surface area (Å²) < 4.78 is 15.0. The van der Waals surface area contributed by atoms with Gasteiger partial charge in [-0.2, -0.15) is 0 Å². The molecule has 0 aliphatic carbocycles. The van der Waals surface area contributed by atoms with Crippen LogP contribution in [0.25, 0.3) is 11.2 Å². The zero-order valence-corrected chi connectivity index (χ0v) is 14.5. The molecule has 1 aromatic carbocycles. The highest BCUT2D eigenvalue weighted by Crippen LogP contribution is 2.28. The SMILES string of the molecule is Cn1c(C2CCN(C(=O)NCc3ccc(F)cc3)C2)nc2cccnc21. The van der Waals surface area contributed by atoms with Gasteiger partial charge in [-0.3, -0.25) is 0 Å². The van der Waals surface area contributed by atoms with Crippen molar-refractivity contribution in [3.05, 3.63) is 59.8 Å². The van der Waals surface area contributed by atoms with E-state index in [-0.39, 0.29) is 17.8 Å². The predicted molar refractivity (Wildman–Crippen MR) is 96.1 cm³/mol. The first-order chi connectivity index (χ1) is 12.6. The summed E-state index contributed by atoms with van der Waals surface area (Å²) in [6, 6.07) is 9.87. The van der Waals surface area contributed by atoms with Crippen molar-refractivity contribution < 1.29 is 9.18 Å². The standard InChI is InChI=1S/C19H20FN5O/c1-24-17(23-16-3-2-9-21-18(16)24)14-8-10-25(12-14)19(26)22-11-13-4-6-15(20)7-5-13/h2-7,9,14H,8,10-12H2,1H3,(H,22,26). The molecule has 1 fully saturated rings. The lowest BCUT2D eigenvalue weighted by atomic mass is 10.1. The first kappa shape index (κ1) is 16.5. The van der Waals surface area contributed by atoms with Crippen molar-refractivity contribution >= 4 is 17.2 Å². The molecule has 0 saturated carbocycles. The van der Waals surface area contributed by atoms with E-state index in [2.05, 4.69) is 10.3 Å². The number of fused-ring (bicyclic) bond motifs is 1. The number of amides is 2. The average molecular weight is 353 g/mol. The predicted octanol–water partition coefficient (Wildman–Crippen LogP) is 2.81. The number of pyridine rings is 1. The van der Waals surface area contributed by atoms with E-state index in [1.54, 1.807) is 23.2 Å². The molecule has 6 nitrogen and oxygen atoms in total. The summed E-state index contributed by atoms with van der Waals surface area (Å²) >= 11 is 0. The number of halogens is 1. The van der Waals surface area contributed by atoms with Crippen molar-refractivity contribution in [3.63, 3.8) is 0 Å². The molecule has 1 N–H and O–H groups in total. The van der Waals surface area contributed by atoms with Gasteiger partial charge in [-0.1, -0.05) is 12.1 Å². The van der Waals surface area contributed by atoms with Gasteiger partial charge in [0.1, 0.15) is 17.2 Å². The van der Waals surface area contributed by atoms with Crippen LogP contribution >= 0.6 is 0 Å². The van der Waals surface area contributed by atoms with Crippen molar-refractivity contribution in [1.82, 2.24) is 24.8 Å². The number of carbonyl (C=O) groups is 1. The van der Waals surface area contributed by atoms with Crippen LogP contribution in [0.2, 0.25) is 0 Å². The van der Waals surface area contributed by atoms with Gasteiger partial charge in [-0.25, -0.2) is 19.2 Å². The second-order valence-electron chi connectivity index (χ2n) is 6.59. The number of likely N-dealkylation sites (tertiary alicyclic amines) is 1. The Morgan fingerprint density at radius 1 is 1.31 bits per heavy atom. The molecule has 1 aliphatic rings. The first-order valence-electron chi connectivity index (χ1n) is 8.66. The van der Waals surface area contributed by atoms with Gasteiger partial charge in [0.25, 0.3) is 0 Å². The summed E-state index contributed by atoms with van der Waals surface area (Å²) in [5, 5.41) is 2.90. The summed E-state index contributed by atoms with van der Waals surface area (Å²) in [5.74, 6) is 0.887. The molecule has 2 aromatic heterocycles. The number of aromatic nitrogens is 3. The van der Waals surface area contributed by atoms with Crippen molar-refractivity contribution in [2.24, 2.45) is 7.05 Å². The van der Waals surface area contributed by atoms with Crippen LogP contribution in [-0.4, -0.2) is 38.6 Å². The minimum absolute atomic E-state index is 0.103. The van der Waals surface area contributed by atoms with E-state index < -0.39 is 0 Å². The quantitative estimate of drug-likeness (QED) is 0.788. The van der Waals surface area contributed by atoms with Crippen LogP contribution in [-0.2, 0) is 13.6 Å². The average Bonchev–Trinajstić information content (AvgIpc) is 3.26. The van der Waals surface area contributed by atoms with E-state index in [0.717, 1.165) is 29.0 Å². The van der Waals surface area contributed by atoms with E-state index in [1.165, 1.54) is 12.1 Å². The number of aryl methyl sites for hydroxylation is 1. The first-order valence-corrected chi connectivity index (χ1v) is 8.66. The maximum atomic E-state index is 12.9. The number of imidazole rings is 1. The van der Waals surface area contributed by atoms with Gasteiger partial charge in [0, 0.05) is 38.8 Å². The highest BCUT2D eigenvalue weighted by molar-refractivity contribution is 5.75. The largest absolute Gasteiger partial charge is 0.334 e. The molecule has 4 rings (SSSR count). The second kappa shape index (κ2) is 6.74. The topological polar surface area (TPSA) is 63.1 Å². The Morgan fingerprint density at radius 3 is 2.88 bits per heavy atom. The van der Waals surface area contributed by atoms with Gasteiger partial charge >= 0.3 is 6.03 Å². The summed E-state index contributed by atoms with van der Waals surface area (Å²) in [4.78, 5) is 23.3. The zero-order valence-electron chi connectivity index (χ0n) is 14.5. The Hall–Kier alpha value is -2.96. The highest BCUT2D eigenvalue weighted by Gasteiger charge is 2.30. The summed E-state index contributed by atoms with van der Waals surface area (Å²) in [6.45, 7) is 1.71. The number of rotatable bonds is 3. The van der Waals surface area contributed by atoms with Gasteiger partial charge in [-0.05, 0) is 36.2 Å². The number of nitrogens with one attached hydrogen (secondary N) is 1. The third kappa shape index (κ3) is 3.12. The van der Waals surface area contributed by atoms with E-state index in [1.807, 2.05) is 23.7 Å². The smallest absolute Gasteiger partial charge is 0.317 e. The summed E-state index contributed by atoms with van der Waals surface area (Å²) in [7, 11) is 1.97. The monoisotopic (exact) mass is 353 g/mol. The molecule has 0 bridgehead atoms. The zero-order chi connectivity index (χ0) is 18.1. The fraction of sp³-hybridized carbons (Fsp3) is 0.316. The van der Waals surface area contributed by atoms with Crippen molar-refractivity contribution in [3.8, 4) is 0 Å². The van der Waals surface area contributed by atoms with Crippen LogP contribution in [0.1, 0.15) is 23.7 Å². The lowest BCUT2D eigenvalue weighted by Gasteiger charge is -2.17. The van der Waals surface area contributed by atoms with Gasteiger partial charge in [-0.15, -0.1) is 0 Å². The lowest BCUT2D eigenvalue weighted by molar-refractivity contribution is 0.207. The molecular formula is C19H20FN5O. The van der Waals surface area contributed by atoms with Crippen LogP contribution in [0.4, 0.5) is 9.18 Å². The molecule has 26 heavy (non-hydrogen) atoms. The van der Waals surface area contributed by atoms with Gasteiger partial charge in [0.2, 0.25) is 0 Å². The Kier molecular flexibility index (Phi) is 4.28. The molecule has 7 heteroatoms. The molecule has 1 atom stereocenters. The Bertz CT molecular complexity index is 937. The molecule has 0 radical (unpaired) electrons. The van der Waals surface area contributed by atoms with E-state index in [9.17, 15) is 9.18 Å². The van der Waals surface area contributed by atoms with E-state index in [4.69, 9.17) is 4.98 Å². The Balaban J connectivity index is 1.40. The van der Waals surface area contributed by atoms with Gasteiger partial charge in [0.05, 0.1) is 0 Å². The normalized spacial score (nSPS) is 17.0. The maximum Gasteiger partial charge on any atom is 0.317 e. The highest BCUT2D eigenvalue weighted by atomic mass is 19.1. The third-order valence-electron chi connectivity index (χ3n) is 4.86. The van der Waals surface area contributed by atoms with Crippen LogP contribution < -0.4 is 5.32 Å². The summed E-state index contributed by atoms with van der Waals surface area (Å²) in [6.07, 6.45) is 2.64. The van der Waals surface area contributed by atoms with Crippen molar-refractivity contribution in [2.45, 2.75) is 18.9 Å². The van der Waals surface area contributed by atoms with Crippen LogP contribution in [0.5, 0.6) is 0 Å². The van der Waals surface area contributed by atoms with Gasteiger partial charge in [0.15, 0.2) is 5.65 Å². The minimum atomic E-state index is -0.278. The number of urea groups is 1. The minimum Gasteiger partial charge on any atom is -0.334 e. The second-order valence-corrected chi connectivity index (χ2v) is 6.59. The molecule has 0 spiro atoms. The third-order valence-corrected chi connectivity index (χ3v) is 4.86. The molecular weight excluding hydrogens is 333 g/mol. The Labute approximate surface area is 150 Å². The van der Waals surface area contributed by atoms with Crippen molar-refractivity contribution in [1.29, 1.82) is 0 Å². The fourth-order valence-electron chi connectivity index (χ4n) is 3.45. The Morgan fingerprint density at radius 2 is 2.12 bits per heavy atom. The van der Waals surface area contributed by atoms with E-state index >= 15 is 0 Å². The molecule has 134 valence electrons. The molecule has 1 unspecified atom stereocenters. The van der Waals surface area contributed by atoms with Crippen LogP contribution in [0.3, 0.4) is 0 Å². The molecule has 1 aliphatic heterocycles. The molecule has 3 heterocycles. The fourth-order valence-corrected chi connectivity index (χ4v) is 3.45. The molecule has 3 aromatic rings. The lowest BCUT2D eigenvalue weighted by Crippen LogP contribution is -2.38. The summed E-state index contributed by atoms with van der Waals surface area (Å²) in [5.41, 5.74) is 2.61. The number of hydrogen-bond acceptors (Lipinski definition) is 3. The number of benzene rings is 1. The number of carbonyl (C=O) groups excluding carboxylic acids is 1. The number of nitrogens with zero attached hydrogens (tertiary/aromatic N) is 4. The van der Waals surface area contributed by atoms with Crippen LogP contribution in [0.15, 0.2) is 42.6 Å².